The lowest BCUT2D eigenvalue weighted by Gasteiger charge is -2.07. The Bertz CT molecular complexity index is 127. The fraction of sp³-hybridized carbons (Fsp3) is 0.500. The highest BCUT2D eigenvalue weighted by Gasteiger charge is 2.14. The maximum absolute atomic E-state index is 10.7. The maximum atomic E-state index is 10.7. The molecule has 0 aromatic rings. The zero-order valence-electron chi connectivity index (χ0n) is 5.76. The summed E-state index contributed by atoms with van der Waals surface area (Å²) in [7, 11) is 1.31. The van der Waals surface area contributed by atoms with Gasteiger partial charge in [-0.15, -0.1) is 6.58 Å². The molecule has 0 heterocycles. The molecule has 0 aliphatic rings. The highest BCUT2D eigenvalue weighted by Crippen LogP contribution is 1.95. The van der Waals surface area contributed by atoms with Gasteiger partial charge in [-0.3, -0.25) is 4.79 Å². The molecule has 0 rings (SSSR count). The molecule has 0 aliphatic carbocycles. The summed E-state index contributed by atoms with van der Waals surface area (Å²) < 4.78 is 4.42. The van der Waals surface area contributed by atoms with E-state index >= 15 is 0 Å². The Morgan fingerprint density at radius 1 is 2.00 bits per heavy atom. The van der Waals surface area contributed by atoms with E-state index in [-0.39, 0.29) is 5.97 Å². The molecule has 0 saturated carbocycles. The summed E-state index contributed by atoms with van der Waals surface area (Å²) in [6.45, 7) is 3.46. The van der Waals surface area contributed by atoms with Crippen LogP contribution in [0.3, 0.4) is 0 Å². The van der Waals surface area contributed by atoms with Crippen molar-refractivity contribution in [2.24, 2.45) is 0 Å². The van der Waals surface area contributed by atoms with Crippen molar-refractivity contribution >= 4 is 17.7 Å². The Balaban J connectivity index is 3.79. The fourth-order valence-corrected chi connectivity index (χ4v) is 0.672. The van der Waals surface area contributed by atoms with Crippen LogP contribution in [0, 0.1) is 0 Å². The minimum Gasteiger partial charge on any atom is -0.468 e. The lowest BCUT2D eigenvalue weighted by Crippen LogP contribution is -2.31. The van der Waals surface area contributed by atoms with Crippen LogP contribution in [0.15, 0.2) is 12.7 Å². The Hall–Kier alpha value is -0.540. The summed E-state index contributed by atoms with van der Waals surface area (Å²) in [6, 6.07) is -0.482. The number of carbonyl (C=O) groups excluding carboxylic acids is 1. The molecule has 0 aromatic heterocycles. The van der Waals surface area contributed by atoms with Gasteiger partial charge in [0.25, 0.3) is 0 Å². The highest BCUT2D eigenvalue weighted by atomic mass is 35.5. The van der Waals surface area contributed by atoms with E-state index in [0.29, 0.717) is 6.42 Å². The maximum Gasteiger partial charge on any atom is 0.324 e. The molecule has 4 heteroatoms. The quantitative estimate of drug-likeness (QED) is 0.379. The molecule has 0 fully saturated rings. The van der Waals surface area contributed by atoms with Crippen molar-refractivity contribution in [1.29, 1.82) is 0 Å². The molecule has 0 bridgehead atoms. The van der Waals surface area contributed by atoms with Gasteiger partial charge in [-0.25, -0.2) is 4.84 Å². The van der Waals surface area contributed by atoms with E-state index in [1.165, 1.54) is 7.11 Å². The van der Waals surface area contributed by atoms with Gasteiger partial charge >= 0.3 is 5.97 Å². The number of hydrogen-bond donors (Lipinski definition) is 1. The van der Waals surface area contributed by atoms with Crippen molar-refractivity contribution < 1.29 is 9.53 Å². The van der Waals surface area contributed by atoms with E-state index in [0.717, 1.165) is 0 Å². The van der Waals surface area contributed by atoms with Crippen LogP contribution < -0.4 is 4.84 Å². The number of halogens is 1. The van der Waals surface area contributed by atoms with Gasteiger partial charge in [0.2, 0.25) is 0 Å². The topological polar surface area (TPSA) is 38.3 Å². The fourth-order valence-electron chi connectivity index (χ4n) is 0.494. The number of hydrogen-bond acceptors (Lipinski definition) is 3. The van der Waals surface area contributed by atoms with E-state index in [2.05, 4.69) is 16.2 Å². The van der Waals surface area contributed by atoms with Crippen molar-refractivity contribution in [2.45, 2.75) is 12.5 Å². The van der Waals surface area contributed by atoms with Gasteiger partial charge in [-0.05, 0) is 18.2 Å². The van der Waals surface area contributed by atoms with Gasteiger partial charge in [-0.1, -0.05) is 6.08 Å². The van der Waals surface area contributed by atoms with Crippen LogP contribution in [-0.2, 0) is 9.53 Å². The smallest absolute Gasteiger partial charge is 0.324 e. The van der Waals surface area contributed by atoms with Gasteiger partial charge in [0, 0.05) is 0 Å². The Morgan fingerprint density at radius 3 is 2.90 bits per heavy atom. The molecule has 58 valence electrons. The molecule has 0 radical (unpaired) electrons. The van der Waals surface area contributed by atoms with Crippen molar-refractivity contribution in [3.05, 3.63) is 12.7 Å². The third kappa shape index (κ3) is 2.85. The molecule has 10 heavy (non-hydrogen) atoms. The minimum absolute atomic E-state index is 0.380. The summed E-state index contributed by atoms with van der Waals surface area (Å²) in [5.74, 6) is -0.380. The summed E-state index contributed by atoms with van der Waals surface area (Å²) >= 11 is 5.22. The first kappa shape index (κ1) is 9.46. The molecule has 1 N–H and O–H groups in total. The Morgan fingerprint density at radius 2 is 2.60 bits per heavy atom. The molecule has 3 nitrogen and oxygen atoms in total. The second kappa shape index (κ2) is 5.26. The summed E-state index contributed by atoms with van der Waals surface area (Å²) in [5, 5.41) is 0. The number of rotatable bonds is 4. The van der Waals surface area contributed by atoms with Crippen LogP contribution in [0.1, 0.15) is 6.42 Å². The average molecular weight is 164 g/mol. The Kier molecular flexibility index (Phi) is 4.98. The second-order valence-corrected chi connectivity index (χ2v) is 1.93. The number of methoxy groups -OCH3 is 1. The second-order valence-electron chi connectivity index (χ2n) is 1.71. The lowest BCUT2D eigenvalue weighted by molar-refractivity contribution is -0.142. The number of carbonyl (C=O) groups is 1. The molecule has 0 aliphatic heterocycles. The van der Waals surface area contributed by atoms with Crippen molar-refractivity contribution in [3.63, 3.8) is 0 Å². The first-order valence-electron chi connectivity index (χ1n) is 2.81. The SMILES string of the molecule is C=CC[C@H](NCl)C(=O)OC. The van der Waals surface area contributed by atoms with Gasteiger partial charge < -0.3 is 4.74 Å². The van der Waals surface area contributed by atoms with Crippen LogP contribution in [0.4, 0.5) is 0 Å². The van der Waals surface area contributed by atoms with Gasteiger partial charge in [-0.2, -0.15) is 0 Å². The molecule has 1 atom stereocenters. The average Bonchev–Trinajstić information content (AvgIpc) is 1.99. The largest absolute Gasteiger partial charge is 0.468 e. The van der Waals surface area contributed by atoms with Gasteiger partial charge in [0.15, 0.2) is 0 Å². The third-order valence-corrected chi connectivity index (χ3v) is 1.28. The predicted molar refractivity (Wildman–Crippen MR) is 39.6 cm³/mol. The lowest BCUT2D eigenvalue weighted by atomic mass is 10.2. The van der Waals surface area contributed by atoms with Crippen molar-refractivity contribution in [2.75, 3.05) is 7.11 Å². The summed E-state index contributed by atoms with van der Waals surface area (Å²) in [6.07, 6.45) is 2.06. The number of ether oxygens (including phenoxy) is 1. The molecule has 0 spiro atoms. The first-order valence-corrected chi connectivity index (χ1v) is 3.19. The summed E-state index contributed by atoms with van der Waals surface area (Å²) in [4.78, 5) is 13.0. The molecule has 0 amide bonds. The molecular formula is C6H10ClNO2. The molecule has 0 saturated heterocycles. The molecule has 0 aromatic carbocycles. The zero-order valence-corrected chi connectivity index (χ0v) is 6.52. The number of nitrogens with one attached hydrogen (secondary N) is 1. The Labute approximate surface area is 65.1 Å². The predicted octanol–water partition coefficient (Wildman–Crippen LogP) is 0.847. The van der Waals surface area contributed by atoms with Gasteiger partial charge in [0.1, 0.15) is 6.04 Å². The van der Waals surface area contributed by atoms with E-state index in [1.54, 1.807) is 6.08 Å². The van der Waals surface area contributed by atoms with Crippen LogP contribution in [-0.4, -0.2) is 19.1 Å². The van der Waals surface area contributed by atoms with Crippen molar-refractivity contribution in [1.82, 2.24) is 4.84 Å². The first-order chi connectivity index (χ1) is 4.76. The monoisotopic (exact) mass is 163 g/mol. The van der Waals surface area contributed by atoms with Crippen LogP contribution in [0.2, 0.25) is 0 Å². The minimum atomic E-state index is -0.482. The standard InChI is InChI=1S/C6H10ClNO2/c1-3-4-5(8-7)6(9)10-2/h3,5,8H,1,4H2,2H3/t5-/m0/s1. The van der Waals surface area contributed by atoms with Crippen molar-refractivity contribution in [3.8, 4) is 0 Å². The highest BCUT2D eigenvalue weighted by molar-refractivity contribution is 6.14. The van der Waals surface area contributed by atoms with E-state index in [9.17, 15) is 4.79 Å². The van der Waals surface area contributed by atoms with Crippen LogP contribution in [0.25, 0.3) is 0 Å². The van der Waals surface area contributed by atoms with E-state index in [4.69, 9.17) is 11.8 Å². The van der Waals surface area contributed by atoms with Crippen LogP contribution >= 0.6 is 11.8 Å². The molecule has 0 unspecified atom stereocenters. The molecular weight excluding hydrogens is 154 g/mol. The van der Waals surface area contributed by atoms with E-state index < -0.39 is 6.04 Å². The number of esters is 1. The normalized spacial score (nSPS) is 12.2. The third-order valence-electron chi connectivity index (χ3n) is 1.02. The van der Waals surface area contributed by atoms with E-state index in [1.807, 2.05) is 0 Å². The van der Waals surface area contributed by atoms with Crippen LogP contribution in [0.5, 0.6) is 0 Å². The van der Waals surface area contributed by atoms with Gasteiger partial charge in [0.05, 0.1) is 7.11 Å². The zero-order chi connectivity index (χ0) is 7.98. The summed E-state index contributed by atoms with van der Waals surface area (Å²) in [5.41, 5.74) is 0.